The molecule has 2 heteroatoms. The molecule has 1 rings (SSSR count). The predicted octanol–water partition coefficient (Wildman–Crippen LogP) is 1.95. The third-order valence-electron chi connectivity index (χ3n) is 1.94. The van der Waals surface area contributed by atoms with E-state index < -0.39 is 0 Å². The van der Waals surface area contributed by atoms with Gasteiger partial charge in [-0.1, -0.05) is 36.7 Å². The lowest BCUT2D eigenvalue weighted by atomic mass is 9.84. The van der Waals surface area contributed by atoms with E-state index in [0.717, 1.165) is 11.8 Å². The quantitative estimate of drug-likeness (QED) is 0.483. The van der Waals surface area contributed by atoms with Gasteiger partial charge in [0, 0.05) is 6.42 Å². The van der Waals surface area contributed by atoms with Crippen molar-refractivity contribution in [2.24, 2.45) is 0 Å². The molecule has 0 aliphatic rings. The smallest absolute Gasteiger partial charge is 0.120 e. The van der Waals surface area contributed by atoms with Gasteiger partial charge in [-0.15, -0.1) is 0 Å². The molecule has 0 N–H and O–H groups in total. The first kappa shape index (κ1) is 9.05. The molecule has 0 spiro atoms. The van der Waals surface area contributed by atoms with E-state index in [1.807, 2.05) is 30.3 Å². The second kappa shape index (κ2) is 4.76. The van der Waals surface area contributed by atoms with Crippen molar-refractivity contribution in [3.63, 3.8) is 0 Å². The maximum atomic E-state index is 10.3. The van der Waals surface area contributed by atoms with E-state index in [2.05, 4.69) is 0 Å². The van der Waals surface area contributed by atoms with Crippen molar-refractivity contribution >= 4 is 14.1 Å². The monoisotopic (exact) mass is 158 g/mol. The van der Waals surface area contributed by atoms with Crippen LogP contribution in [0.5, 0.6) is 0 Å². The average Bonchev–Trinajstić information content (AvgIpc) is 2.15. The Morgan fingerprint density at radius 1 is 1.33 bits per heavy atom. The topological polar surface area (TPSA) is 17.1 Å². The van der Waals surface area contributed by atoms with Gasteiger partial charge in [0.25, 0.3) is 0 Å². The number of carbonyl (C=O) groups excluding carboxylic acids is 1. The van der Waals surface area contributed by atoms with Crippen LogP contribution in [0.3, 0.4) is 0 Å². The minimum absolute atomic E-state index is 0.184. The zero-order valence-electron chi connectivity index (χ0n) is 6.94. The van der Waals surface area contributed by atoms with Crippen molar-refractivity contribution in [3.8, 4) is 0 Å². The summed E-state index contributed by atoms with van der Waals surface area (Å²) < 4.78 is 0. The van der Waals surface area contributed by atoms with Crippen LogP contribution in [-0.2, 0) is 4.79 Å². The number of benzene rings is 1. The van der Waals surface area contributed by atoms with Crippen LogP contribution >= 0.6 is 0 Å². The Morgan fingerprint density at radius 2 is 2.00 bits per heavy atom. The normalized spacial score (nSPS) is 12.3. The fraction of sp³-hybridized carbons (Fsp3) is 0.300. The largest absolute Gasteiger partial charge is 0.303 e. The lowest BCUT2D eigenvalue weighted by Crippen LogP contribution is -1.98. The van der Waals surface area contributed by atoms with Gasteiger partial charge in [-0.3, -0.25) is 0 Å². The van der Waals surface area contributed by atoms with E-state index in [9.17, 15) is 4.79 Å². The maximum Gasteiger partial charge on any atom is 0.120 e. The molecular formula is C10H11BO. The Bertz CT molecular complexity index is 233. The standard InChI is InChI=1S/C10H11BO/c11-8-10(6-7-12)9-4-2-1-3-5-9/h1-5,7,10H,6,8H2/t10-/m0/s1. The minimum atomic E-state index is 0.184. The number of hydrogen-bond donors (Lipinski definition) is 0. The van der Waals surface area contributed by atoms with Gasteiger partial charge >= 0.3 is 0 Å². The van der Waals surface area contributed by atoms with E-state index in [4.69, 9.17) is 7.85 Å². The third-order valence-corrected chi connectivity index (χ3v) is 1.94. The highest BCUT2D eigenvalue weighted by Gasteiger charge is 2.06. The fourth-order valence-electron chi connectivity index (χ4n) is 1.21. The number of carbonyl (C=O) groups is 1. The van der Waals surface area contributed by atoms with E-state index in [0.29, 0.717) is 12.7 Å². The summed E-state index contributed by atoms with van der Waals surface area (Å²) in [5.74, 6) is 0.184. The molecule has 1 aromatic rings. The molecule has 1 atom stereocenters. The van der Waals surface area contributed by atoms with Gasteiger partial charge in [-0.25, -0.2) is 0 Å². The highest BCUT2D eigenvalue weighted by atomic mass is 16.1. The van der Waals surface area contributed by atoms with Crippen LogP contribution in [0.2, 0.25) is 6.32 Å². The van der Waals surface area contributed by atoms with Crippen molar-refractivity contribution in [3.05, 3.63) is 35.9 Å². The zero-order valence-corrected chi connectivity index (χ0v) is 6.94. The Labute approximate surface area is 74.2 Å². The van der Waals surface area contributed by atoms with Gasteiger partial charge in [-0.05, 0) is 11.5 Å². The van der Waals surface area contributed by atoms with E-state index in [1.54, 1.807) is 0 Å². The summed E-state index contributed by atoms with van der Waals surface area (Å²) in [6.45, 7) is 0. The highest BCUT2D eigenvalue weighted by molar-refractivity contribution is 6.09. The maximum absolute atomic E-state index is 10.3. The van der Waals surface area contributed by atoms with Gasteiger partial charge in [0.05, 0.1) is 7.85 Å². The molecule has 0 aromatic heterocycles. The molecular weight excluding hydrogens is 147 g/mol. The average molecular weight is 158 g/mol. The number of rotatable bonds is 4. The van der Waals surface area contributed by atoms with Crippen LogP contribution in [0.25, 0.3) is 0 Å². The molecule has 0 aliphatic carbocycles. The van der Waals surface area contributed by atoms with Crippen LogP contribution in [0.15, 0.2) is 30.3 Å². The van der Waals surface area contributed by atoms with Crippen molar-refractivity contribution in [1.29, 1.82) is 0 Å². The molecule has 1 nitrogen and oxygen atoms in total. The summed E-state index contributed by atoms with van der Waals surface area (Å²) in [6, 6.07) is 9.88. The van der Waals surface area contributed by atoms with Crippen molar-refractivity contribution in [2.45, 2.75) is 18.7 Å². The van der Waals surface area contributed by atoms with Crippen LogP contribution in [0, 0.1) is 0 Å². The van der Waals surface area contributed by atoms with Crippen molar-refractivity contribution in [2.75, 3.05) is 0 Å². The third kappa shape index (κ3) is 2.23. The van der Waals surface area contributed by atoms with Crippen LogP contribution < -0.4 is 0 Å². The summed E-state index contributed by atoms with van der Waals surface area (Å²) in [6.07, 6.45) is 1.97. The molecule has 2 radical (unpaired) electrons. The Balaban J connectivity index is 2.72. The molecule has 0 saturated carbocycles. The first-order valence-corrected chi connectivity index (χ1v) is 4.07. The molecule has 0 fully saturated rings. The van der Waals surface area contributed by atoms with E-state index in [1.165, 1.54) is 0 Å². The first-order chi connectivity index (χ1) is 5.88. The predicted molar refractivity (Wildman–Crippen MR) is 50.4 cm³/mol. The Kier molecular flexibility index (Phi) is 3.59. The Morgan fingerprint density at radius 3 is 2.50 bits per heavy atom. The SMILES string of the molecule is [B]C[C@H](CC=O)c1ccccc1. The highest BCUT2D eigenvalue weighted by Crippen LogP contribution is 2.20. The second-order valence-corrected chi connectivity index (χ2v) is 2.75. The summed E-state index contributed by atoms with van der Waals surface area (Å²) in [4.78, 5) is 10.3. The first-order valence-electron chi connectivity index (χ1n) is 4.07. The molecule has 0 heterocycles. The Hall–Kier alpha value is -1.05. The molecule has 0 saturated heterocycles. The van der Waals surface area contributed by atoms with E-state index >= 15 is 0 Å². The molecule has 0 aliphatic heterocycles. The summed E-state index contributed by atoms with van der Waals surface area (Å²) >= 11 is 0. The molecule has 0 bridgehead atoms. The van der Waals surface area contributed by atoms with Crippen LogP contribution in [0.4, 0.5) is 0 Å². The van der Waals surface area contributed by atoms with Crippen molar-refractivity contribution < 1.29 is 4.79 Å². The molecule has 1 aromatic carbocycles. The summed E-state index contributed by atoms with van der Waals surface area (Å²) in [5, 5.41) is 0. The second-order valence-electron chi connectivity index (χ2n) is 2.75. The lowest BCUT2D eigenvalue weighted by Gasteiger charge is -2.11. The number of aldehydes is 1. The summed E-state index contributed by atoms with van der Waals surface area (Å²) in [7, 11) is 5.53. The molecule has 60 valence electrons. The molecule has 0 amide bonds. The molecule has 12 heavy (non-hydrogen) atoms. The minimum Gasteiger partial charge on any atom is -0.303 e. The van der Waals surface area contributed by atoms with Gasteiger partial charge < -0.3 is 4.79 Å². The van der Waals surface area contributed by atoms with Gasteiger partial charge in [-0.2, -0.15) is 0 Å². The zero-order chi connectivity index (χ0) is 8.81. The lowest BCUT2D eigenvalue weighted by molar-refractivity contribution is -0.108. The number of hydrogen-bond acceptors (Lipinski definition) is 1. The van der Waals surface area contributed by atoms with Gasteiger partial charge in [0.1, 0.15) is 6.29 Å². The fourth-order valence-corrected chi connectivity index (χ4v) is 1.21. The van der Waals surface area contributed by atoms with Crippen LogP contribution in [-0.4, -0.2) is 14.1 Å². The van der Waals surface area contributed by atoms with Gasteiger partial charge in [0.15, 0.2) is 0 Å². The summed E-state index contributed by atoms with van der Waals surface area (Å²) in [5.41, 5.74) is 1.15. The van der Waals surface area contributed by atoms with E-state index in [-0.39, 0.29) is 5.92 Å². The van der Waals surface area contributed by atoms with Gasteiger partial charge in [0.2, 0.25) is 0 Å². The van der Waals surface area contributed by atoms with Crippen molar-refractivity contribution in [1.82, 2.24) is 0 Å². The molecule has 0 unspecified atom stereocenters. The van der Waals surface area contributed by atoms with Crippen LogP contribution in [0.1, 0.15) is 17.9 Å².